The van der Waals surface area contributed by atoms with Gasteiger partial charge in [-0.1, -0.05) is 24.3 Å². The number of ether oxygens (including phenoxy) is 1. The van der Waals surface area contributed by atoms with E-state index < -0.39 is 0 Å². The van der Waals surface area contributed by atoms with Crippen molar-refractivity contribution in [2.75, 3.05) is 18.6 Å². The third kappa shape index (κ3) is 3.72. The van der Waals surface area contributed by atoms with Crippen LogP contribution >= 0.6 is 0 Å². The molecule has 2 amide bonds. The van der Waals surface area contributed by atoms with E-state index in [2.05, 4.69) is 5.32 Å². The van der Waals surface area contributed by atoms with Gasteiger partial charge in [-0.3, -0.25) is 9.59 Å². The van der Waals surface area contributed by atoms with Gasteiger partial charge in [0.05, 0.1) is 13.0 Å². The Labute approximate surface area is 154 Å². The number of nitrogens with one attached hydrogen (secondary N) is 1. The minimum absolute atomic E-state index is 0.00305. The number of aryl methyl sites for hydroxylation is 1. The van der Waals surface area contributed by atoms with E-state index in [4.69, 9.17) is 4.74 Å². The maximum Gasteiger partial charge on any atom is 0.227 e. The van der Waals surface area contributed by atoms with Crippen LogP contribution in [0.25, 0.3) is 0 Å². The summed E-state index contributed by atoms with van der Waals surface area (Å²) < 4.78 is 5.13. The predicted octanol–water partition coefficient (Wildman–Crippen LogP) is 2.98. The molecule has 3 rings (SSSR count). The van der Waals surface area contributed by atoms with Crippen molar-refractivity contribution in [1.29, 1.82) is 0 Å². The SMILES string of the molecule is COc1ccc(CNC(=O)[C@H]2CC(=O)N(c3cccc(C)c3C)C2)cc1. The molecule has 0 aliphatic carbocycles. The first-order valence-corrected chi connectivity index (χ1v) is 8.77. The fourth-order valence-electron chi connectivity index (χ4n) is 3.22. The smallest absolute Gasteiger partial charge is 0.227 e. The fraction of sp³-hybridized carbons (Fsp3) is 0.333. The van der Waals surface area contributed by atoms with Crippen LogP contribution in [0.1, 0.15) is 23.1 Å². The number of methoxy groups -OCH3 is 1. The molecule has 2 aromatic rings. The van der Waals surface area contributed by atoms with Crippen LogP contribution in [-0.2, 0) is 16.1 Å². The Hall–Kier alpha value is -2.82. The molecule has 136 valence electrons. The molecule has 0 spiro atoms. The first kappa shape index (κ1) is 18.0. The molecule has 1 heterocycles. The van der Waals surface area contributed by atoms with Crippen LogP contribution in [0, 0.1) is 19.8 Å². The molecule has 1 fully saturated rings. The third-order valence-electron chi connectivity index (χ3n) is 4.99. The van der Waals surface area contributed by atoms with Gasteiger partial charge in [0.15, 0.2) is 0 Å². The molecule has 5 heteroatoms. The summed E-state index contributed by atoms with van der Waals surface area (Å²) in [7, 11) is 1.62. The zero-order valence-corrected chi connectivity index (χ0v) is 15.4. The number of hydrogen-bond donors (Lipinski definition) is 1. The molecule has 26 heavy (non-hydrogen) atoms. The summed E-state index contributed by atoms with van der Waals surface area (Å²) in [5.74, 6) is 0.386. The summed E-state index contributed by atoms with van der Waals surface area (Å²) in [6.07, 6.45) is 0.252. The largest absolute Gasteiger partial charge is 0.497 e. The van der Waals surface area contributed by atoms with E-state index >= 15 is 0 Å². The van der Waals surface area contributed by atoms with E-state index in [1.807, 2.05) is 56.3 Å². The summed E-state index contributed by atoms with van der Waals surface area (Å²) in [4.78, 5) is 26.7. The Balaban J connectivity index is 1.62. The van der Waals surface area contributed by atoms with Crippen LogP contribution in [0.15, 0.2) is 42.5 Å². The summed E-state index contributed by atoms with van der Waals surface area (Å²) in [6, 6.07) is 13.5. The summed E-state index contributed by atoms with van der Waals surface area (Å²) in [5, 5.41) is 2.94. The Bertz CT molecular complexity index is 815. The summed E-state index contributed by atoms with van der Waals surface area (Å²) >= 11 is 0. The van der Waals surface area contributed by atoms with Crippen molar-refractivity contribution >= 4 is 17.5 Å². The molecule has 5 nitrogen and oxygen atoms in total. The minimum atomic E-state index is -0.319. The molecule has 0 aromatic heterocycles. The predicted molar refractivity (Wildman–Crippen MR) is 101 cm³/mol. The zero-order chi connectivity index (χ0) is 18.7. The van der Waals surface area contributed by atoms with E-state index in [0.717, 1.165) is 28.1 Å². The van der Waals surface area contributed by atoms with Gasteiger partial charge in [-0.05, 0) is 48.7 Å². The lowest BCUT2D eigenvalue weighted by atomic mass is 10.1. The van der Waals surface area contributed by atoms with Gasteiger partial charge in [0.25, 0.3) is 0 Å². The molecule has 1 N–H and O–H groups in total. The number of nitrogens with zero attached hydrogens (tertiary/aromatic N) is 1. The van der Waals surface area contributed by atoms with E-state index in [1.54, 1.807) is 12.0 Å². The molecule has 0 radical (unpaired) electrons. The Morgan fingerprint density at radius 3 is 2.62 bits per heavy atom. The fourth-order valence-corrected chi connectivity index (χ4v) is 3.22. The van der Waals surface area contributed by atoms with Gasteiger partial charge >= 0.3 is 0 Å². The second-order valence-electron chi connectivity index (χ2n) is 6.69. The second-order valence-corrected chi connectivity index (χ2v) is 6.69. The summed E-state index contributed by atoms with van der Waals surface area (Å²) in [5.41, 5.74) is 4.12. The summed E-state index contributed by atoms with van der Waals surface area (Å²) in [6.45, 7) is 4.90. The number of carbonyl (C=O) groups is 2. The number of hydrogen-bond acceptors (Lipinski definition) is 3. The van der Waals surface area contributed by atoms with E-state index in [9.17, 15) is 9.59 Å². The molecule has 2 aromatic carbocycles. The molecule has 0 bridgehead atoms. The van der Waals surface area contributed by atoms with Crippen molar-refractivity contribution in [2.24, 2.45) is 5.92 Å². The lowest BCUT2D eigenvalue weighted by Gasteiger charge is -2.20. The highest BCUT2D eigenvalue weighted by molar-refractivity contribution is 6.00. The highest BCUT2D eigenvalue weighted by Gasteiger charge is 2.35. The van der Waals surface area contributed by atoms with E-state index in [0.29, 0.717) is 13.1 Å². The van der Waals surface area contributed by atoms with Crippen LogP contribution in [0.5, 0.6) is 5.75 Å². The van der Waals surface area contributed by atoms with Gasteiger partial charge in [0.2, 0.25) is 11.8 Å². The van der Waals surface area contributed by atoms with Gasteiger partial charge in [-0.15, -0.1) is 0 Å². The van der Waals surface area contributed by atoms with Crippen molar-refractivity contribution in [3.63, 3.8) is 0 Å². The highest BCUT2D eigenvalue weighted by atomic mass is 16.5. The maximum atomic E-state index is 12.5. The molecule has 1 aliphatic rings. The quantitative estimate of drug-likeness (QED) is 0.900. The second kappa shape index (κ2) is 7.60. The van der Waals surface area contributed by atoms with Crippen molar-refractivity contribution in [1.82, 2.24) is 5.32 Å². The monoisotopic (exact) mass is 352 g/mol. The Morgan fingerprint density at radius 2 is 1.92 bits per heavy atom. The highest BCUT2D eigenvalue weighted by Crippen LogP contribution is 2.29. The van der Waals surface area contributed by atoms with Gasteiger partial charge in [0.1, 0.15) is 5.75 Å². The molecule has 0 unspecified atom stereocenters. The van der Waals surface area contributed by atoms with Crippen LogP contribution in [0.2, 0.25) is 0 Å². The number of benzene rings is 2. The van der Waals surface area contributed by atoms with Crippen molar-refractivity contribution in [3.05, 3.63) is 59.2 Å². The number of carbonyl (C=O) groups excluding carboxylic acids is 2. The van der Waals surface area contributed by atoms with Crippen LogP contribution in [0.3, 0.4) is 0 Å². The molecule has 0 saturated carbocycles. The Kier molecular flexibility index (Phi) is 5.26. The maximum absolute atomic E-state index is 12.5. The van der Waals surface area contributed by atoms with Gasteiger partial charge in [0, 0.05) is 25.2 Å². The van der Waals surface area contributed by atoms with Crippen LogP contribution in [-0.4, -0.2) is 25.5 Å². The minimum Gasteiger partial charge on any atom is -0.497 e. The number of amides is 2. The van der Waals surface area contributed by atoms with Crippen LogP contribution in [0.4, 0.5) is 5.69 Å². The van der Waals surface area contributed by atoms with Crippen LogP contribution < -0.4 is 15.0 Å². The van der Waals surface area contributed by atoms with Crippen molar-refractivity contribution in [3.8, 4) is 5.75 Å². The lowest BCUT2D eigenvalue weighted by molar-refractivity contribution is -0.126. The topological polar surface area (TPSA) is 58.6 Å². The molecule has 1 saturated heterocycles. The number of anilines is 1. The zero-order valence-electron chi connectivity index (χ0n) is 15.4. The normalized spacial score (nSPS) is 16.7. The molecule has 1 aliphatic heterocycles. The molecular weight excluding hydrogens is 328 g/mol. The van der Waals surface area contributed by atoms with Gasteiger partial charge in [-0.25, -0.2) is 0 Å². The Morgan fingerprint density at radius 1 is 1.19 bits per heavy atom. The van der Waals surface area contributed by atoms with Crippen molar-refractivity contribution in [2.45, 2.75) is 26.8 Å². The standard InChI is InChI=1S/C21H24N2O3/c1-14-5-4-6-19(15(14)2)23-13-17(11-20(23)24)21(25)22-12-16-7-9-18(26-3)10-8-16/h4-10,17H,11-13H2,1-3H3,(H,22,25)/t17-/m0/s1. The average molecular weight is 352 g/mol. The van der Waals surface area contributed by atoms with Gasteiger partial charge < -0.3 is 15.0 Å². The lowest BCUT2D eigenvalue weighted by Crippen LogP contribution is -2.32. The number of rotatable bonds is 5. The third-order valence-corrected chi connectivity index (χ3v) is 4.99. The van der Waals surface area contributed by atoms with E-state index in [1.165, 1.54) is 0 Å². The molecule has 1 atom stereocenters. The van der Waals surface area contributed by atoms with Crippen molar-refractivity contribution < 1.29 is 14.3 Å². The molecular formula is C21H24N2O3. The first-order valence-electron chi connectivity index (χ1n) is 8.77. The van der Waals surface area contributed by atoms with E-state index in [-0.39, 0.29) is 24.2 Å². The average Bonchev–Trinajstić information content (AvgIpc) is 3.04. The van der Waals surface area contributed by atoms with Gasteiger partial charge in [-0.2, -0.15) is 0 Å². The first-order chi connectivity index (χ1) is 12.5.